The molecule has 1 fully saturated rings. The van der Waals surface area contributed by atoms with Gasteiger partial charge in [0.25, 0.3) is 0 Å². The Kier molecular flexibility index (Phi) is 11.7. The lowest BCUT2D eigenvalue weighted by atomic mass is 10.0. The molecule has 7 heteroatoms. The van der Waals surface area contributed by atoms with Gasteiger partial charge >= 0.3 is 0 Å². The molecule has 34 heavy (non-hydrogen) atoms. The zero-order valence-electron chi connectivity index (χ0n) is 21.3. The highest BCUT2D eigenvalue weighted by atomic mass is 35.5. The van der Waals surface area contributed by atoms with Gasteiger partial charge in [0.15, 0.2) is 0 Å². The van der Waals surface area contributed by atoms with E-state index < -0.39 is 0 Å². The summed E-state index contributed by atoms with van der Waals surface area (Å²) in [5, 5.41) is 16.7. The molecule has 1 aromatic carbocycles. The van der Waals surface area contributed by atoms with Crippen molar-refractivity contribution in [2.75, 3.05) is 45.1 Å². The second-order valence-corrected chi connectivity index (χ2v) is 9.23. The standard InChI is InChI=1S/C27H41ClN4O2/c1-6-20(3)21(4)26(31(5)7-2)12-9-15-29-27(34)18-32-16-13-22(14-17-32)30-25-11-8-10-24(28)23(25)19-33/h6,8-12,22,30,33H,7,13-19H2,1-5H3,(H,29,34)/b12-9-,20-6+,26-21-. The lowest BCUT2D eigenvalue weighted by Gasteiger charge is -2.32. The third kappa shape index (κ3) is 8.19. The van der Waals surface area contributed by atoms with Crippen molar-refractivity contribution in [3.63, 3.8) is 0 Å². The van der Waals surface area contributed by atoms with Gasteiger partial charge in [-0.3, -0.25) is 9.69 Å². The number of hydrogen-bond donors (Lipinski definition) is 3. The summed E-state index contributed by atoms with van der Waals surface area (Å²) in [7, 11) is 2.08. The van der Waals surface area contributed by atoms with Gasteiger partial charge in [0.1, 0.15) is 0 Å². The van der Waals surface area contributed by atoms with Crippen molar-refractivity contribution in [3.05, 3.63) is 63.9 Å². The predicted molar refractivity (Wildman–Crippen MR) is 143 cm³/mol. The van der Waals surface area contributed by atoms with E-state index in [1.54, 1.807) is 6.07 Å². The molecule has 1 amide bonds. The second-order valence-electron chi connectivity index (χ2n) is 8.82. The second kappa shape index (κ2) is 14.2. The number of rotatable bonds is 11. The smallest absolute Gasteiger partial charge is 0.234 e. The molecule has 0 radical (unpaired) electrons. The Balaban J connectivity index is 1.80. The van der Waals surface area contributed by atoms with E-state index in [2.05, 4.69) is 67.3 Å². The van der Waals surface area contributed by atoms with Crippen molar-refractivity contribution >= 4 is 23.2 Å². The minimum Gasteiger partial charge on any atom is -0.392 e. The Labute approximate surface area is 210 Å². The molecule has 1 heterocycles. The normalized spacial score (nSPS) is 16.5. The fourth-order valence-electron chi connectivity index (χ4n) is 4.04. The van der Waals surface area contributed by atoms with Crippen LogP contribution >= 0.6 is 11.6 Å². The summed E-state index contributed by atoms with van der Waals surface area (Å²) in [6.07, 6.45) is 8.11. The minimum absolute atomic E-state index is 0.0456. The van der Waals surface area contributed by atoms with Crippen LogP contribution in [0.2, 0.25) is 5.02 Å². The third-order valence-corrected chi connectivity index (χ3v) is 6.93. The lowest BCUT2D eigenvalue weighted by molar-refractivity contribution is -0.122. The fourth-order valence-corrected chi connectivity index (χ4v) is 4.27. The molecule has 0 bridgehead atoms. The number of halogens is 1. The number of anilines is 1. The number of likely N-dealkylation sites (tertiary alicyclic amines) is 1. The Morgan fingerprint density at radius 3 is 2.62 bits per heavy atom. The van der Waals surface area contributed by atoms with Crippen molar-refractivity contribution < 1.29 is 9.90 Å². The summed E-state index contributed by atoms with van der Waals surface area (Å²) in [6, 6.07) is 5.93. The number of nitrogens with zero attached hydrogens (tertiary/aromatic N) is 2. The quantitative estimate of drug-likeness (QED) is 0.398. The minimum atomic E-state index is -0.0873. The highest BCUT2D eigenvalue weighted by Crippen LogP contribution is 2.26. The number of piperidine rings is 1. The number of allylic oxidation sites excluding steroid dienone is 4. The molecule has 0 atom stereocenters. The summed E-state index contributed by atoms with van der Waals surface area (Å²) >= 11 is 6.19. The Bertz CT molecular complexity index is 902. The van der Waals surface area contributed by atoms with E-state index in [9.17, 15) is 9.90 Å². The monoisotopic (exact) mass is 488 g/mol. The molecule has 0 spiro atoms. The van der Waals surface area contributed by atoms with E-state index in [0.717, 1.165) is 43.7 Å². The van der Waals surface area contributed by atoms with E-state index in [1.165, 1.54) is 16.8 Å². The van der Waals surface area contributed by atoms with Gasteiger partial charge in [0.05, 0.1) is 13.2 Å². The summed E-state index contributed by atoms with van der Waals surface area (Å²) in [4.78, 5) is 16.9. The SMILES string of the molecule is C/C=C(C)/C(C)=C(/C=C\CNC(=O)CN1CCC(Nc2cccc(Cl)c2CO)CC1)N(C)CC. The van der Waals surface area contributed by atoms with Gasteiger partial charge in [-0.25, -0.2) is 0 Å². The number of aliphatic hydroxyl groups excluding tert-OH is 1. The van der Waals surface area contributed by atoms with Gasteiger partial charge in [0.2, 0.25) is 5.91 Å². The molecule has 1 aliphatic rings. The van der Waals surface area contributed by atoms with E-state index in [0.29, 0.717) is 24.2 Å². The molecular weight excluding hydrogens is 448 g/mol. The number of aliphatic hydroxyl groups is 1. The number of carbonyl (C=O) groups is 1. The molecule has 3 N–H and O–H groups in total. The number of carbonyl (C=O) groups excluding carboxylic acids is 1. The van der Waals surface area contributed by atoms with Crippen LogP contribution in [0.4, 0.5) is 5.69 Å². The van der Waals surface area contributed by atoms with Gasteiger partial charge in [-0.1, -0.05) is 35.4 Å². The summed E-state index contributed by atoms with van der Waals surface area (Å²) in [5.41, 5.74) is 5.30. The number of benzene rings is 1. The number of nitrogens with one attached hydrogen (secondary N) is 2. The highest BCUT2D eigenvalue weighted by Gasteiger charge is 2.21. The average molecular weight is 489 g/mol. The zero-order chi connectivity index (χ0) is 25.1. The van der Waals surface area contributed by atoms with Crippen LogP contribution in [0.25, 0.3) is 0 Å². The largest absolute Gasteiger partial charge is 0.392 e. The van der Waals surface area contributed by atoms with Crippen molar-refractivity contribution in [1.29, 1.82) is 0 Å². The van der Waals surface area contributed by atoms with Crippen LogP contribution in [-0.4, -0.2) is 66.6 Å². The maximum atomic E-state index is 12.5. The van der Waals surface area contributed by atoms with E-state index in [4.69, 9.17) is 11.6 Å². The molecular formula is C27H41ClN4O2. The Morgan fingerprint density at radius 1 is 1.29 bits per heavy atom. The maximum absolute atomic E-state index is 12.5. The molecule has 2 rings (SSSR count). The first-order chi connectivity index (χ1) is 16.3. The maximum Gasteiger partial charge on any atom is 0.234 e. The van der Waals surface area contributed by atoms with Gasteiger partial charge in [-0.15, -0.1) is 0 Å². The van der Waals surface area contributed by atoms with Crippen molar-refractivity contribution in [2.24, 2.45) is 0 Å². The van der Waals surface area contributed by atoms with Gasteiger partial charge in [-0.2, -0.15) is 0 Å². The number of likely N-dealkylation sites (N-methyl/N-ethyl adjacent to an activating group) is 1. The first kappa shape index (κ1) is 28.0. The van der Waals surface area contributed by atoms with Crippen molar-refractivity contribution in [1.82, 2.24) is 15.1 Å². The van der Waals surface area contributed by atoms with E-state index in [1.807, 2.05) is 18.2 Å². The zero-order valence-corrected chi connectivity index (χ0v) is 22.1. The van der Waals surface area contributed by atoms with Crippen LogP contribution in [0.5, 0.6) is 0 Å². The first-order valence-electron chi connectivity index (χ1n) is 12.2. The number of amides is 1. The van der Waals surface area contributed by atoms with Gasteiger partial charge in [-0.05, 0) is 64.3 Å². The van der Waals surface area contributed by atoms with E-state index in [-0.39, 0.29) is 12.5 Å². The van der Waals surface area contributed by atoms with Crippen LogP contribution in [0.15, 0.2) is 53.3 Å². The van der Waals surface area contributed by atoms with Crippen LogP contribution < -0.4 is 10.6 Å². The molecule has 1 saturated heterocycles. The lowest BCUT2D eigenvalue weighted by Crippen LogP contribution is -2.44. The average Bonchev–Trinajstić information content (AvgIpc) is 2.84. The van der Waals surface area contributed by atoms with Gasteiger partial charge < -0.3 is 20.6 Å². The molecule has 0 aromatic heterocycles. The number of hydrogen-bond acceptors (Lipinski definition) is 5. The molecule has 0 saturated carbocycles. The molecule has 0 unspecified atom stereocenters. The van der Waals surface area contributed by atoms with Crippen molar-refractivity contribution in [3.8, 4) is 0 Å². The third-order valence-electron chi connectivity index (χ3n) is 6.58. The molecule has 188 valence electrons. The predicted octanol–water partition coefficient (Wildman–Crippen LogP) is 4.57. The van der Waals surface area contributed by atoms with Gasteiger partial charge in [0, 0.05) is 61.2 Å². The summed E-state index contributed by atoms with van der Waals surface area (Å²) in [6.45, 7) is 11.9. The van der Waals surface area contributed by atoms with Crippen LogP contribution in [-0.2, 0) is 11.4 Å². The molecule has 0 aliphatic carbocycles. The fraction of sp³-hybridized carbons (Fsp3) is 0.519. The first-order valence-corrected chi connectivity index (χ1v) is 12.5. The van der Waals surface area contributed by atoms with Crippen LogP contribution in [0.3, 0.4) is 0 Å². The van der Waals surface area contributed by atoms with E-state index >= 15 is 0 Å². The molecule has 1 aromatic rings. The van der Waals surface area contributed by atoms with Crippen molar-refractivity contribution in [2.45, 2.75) is 53.2 Å². The Morgan fingerprint density at radius 2 is 2.00 bits per heavy atom. The summed E-state index contributed by atoms with van der Waals surface area (Å²) in [5.74, 6) is 0.0456. The Hall–Kier alpha value is -2.28. The molecule has 6 nitrogen and oxygen atoms in total. The summed E-state index contributed by atoms with van der Waals surface area (Å²) < 4.78 is 0. The molecule has 1 aliphatic heterocycles. The van der Waals surface area contributed by atoms with Crippen LogP contribution in [0.1, 0.15) is 46.1 Å². The highest BCUT2D eigenvalue weighted by molar-refractivity contribution is 6.31. The topological polar surface area (TPSA) is 67.8 Å². The van der Waals surface area contributed by atoms with Crippen LogP contribution in [0, 0.1) is 0 Å².